The van der Waals surface area contributed by atoms with Gasteiger partial charge in [0, 0.05) is 6.07 Å². The summed E-state index contributed by atoms with van der Waals surface area (Å²) < 4.78 is 19.4. The van der Waals surface area contributed by atoms with Crippen molar-refractivity contribution in [1.82, 2.24) is 0 Å². The zero-order valence-corrected chi connectivity index (χ0v) is 12.8. The number of halogens is 1. The van der Waals surface area contributed by atoms with E-state index in [0.29, 0.717) is 24.5 Å². The lowest BCUT2D eigenvalue weighted by Gasteiger charge is -2.19. The minimum absolute atomic E-state index is 0.0476. The van der Waals surface area contributed by atoms with Gasteiger partial charge in [-0.15, -0.1) is 0 Å². The third-order valence-electron chi connectivity index (χ3n) is 3.30. The van der Waals surface area contributed by atoms with Gasteiger partial charge in [-0.25, -0.2) is 4.39 Å². The third-order valence-corrected chi connectivity index (χ3v) is 3.30. The summed E-state index contributed by atoms with van der Waals surface area (Å²) in [6.07, 6.45) is 0.635. The molecule has 0 saturated carbocycles. The molecule has 0 bridgehead atoms. The lowest BCUT2D eigenvalue weighted by atomic mass is 9.87. The van der Waals surface area contributed by atoms with Crippen molar-refractivity contribution in [2.45, 2.75) is 32.6 Å². The fourth-order valence-electron chi connectivity index (χ4n) is 2.15. The van der Waals surface area contributed by atoms with Gasteiger partial charge in [-0.1, -0.05) is 32.9 Å². The van der Waals surface area contributed by atoms with Crippen LogP contribution in [0, 0.1) is 5.82 Å². The van der Waals surface area contributed by atoms with Crippen molar-refractivity contribution in [2.75, 3.05) is 6.54 Å². The second-order valence-electron chi connectivity index (χ2n) is 6.21. The van der Waals surface area contributed by atoms with Gasteiger partial charge in [-0.2, -0.15) is 0 Å². The number of hydrogen-bond acceptors (Lipinski definition) is 2. The Morgan fingerprint density at radius 2 is 1.81 bits per heavy atom. The molecule has 2 rings (SSSR count). The predicted octanol–water partition coefficient (Wildman–Crippen LogP) is 4.42. The second kappa shape index (κ2) is 6.27. The van der Waals surface area contributed by atoms with E-state index < -0.39 is 0 Å². The topological polar surface area (TPSA) is 35.2 Å². The first-order chi connectivity index (χ1) is 9.88. The van der Waals surface area contributed by atoms with E-state index in [1.807, 2.05) is 24.3 Å². The van der Waals surface area contributed by atoms with Crippen molar-refractivity contribution >= 4 is 0 Å². The first-order valence-electron chi connectivity index (χ1n) is 7.16. The summed E-state index contributed by atoms with van der Waals surface area (Å²) in [7, 11) is 0. The highest BCUT2D eigenvalue weighted by atomic mass is 19.1. The molecule has 0 unspecified atom stereocenters. The number of rotatable bonds is 4. The largest absolute Gasteiger partial charge is 0.457 e. The first-order valence-corrected chi connectivity index (χ1v) is 7.16. The molecule has 0 fully saturated rings. The third kappa shape index (κ3) is 4.30. The van der Waals surface area contributed by atoms with Crippen molar-refractivity contribution in [3.05, 3.63) is 59.4 Å². The fraction of sp³-hybridized carbons (Fsp3) is 0.333. The number of benzene rings is 2. The smallest absolute Gasteiger partial charge is 0.130 e. The van der Waals surface area contributed by atoms with Crippen LogP contribution in [0.5, 0.6) is 11.5 Å². The van der Waals surface area contributed by atoms with Crippen molar-refractivity contribution in [1.29, 1.82) is 0 Å². The van der Waals surface area contributed by atoms with Gasteiger partial charge in [0.15, 0.2) is 0 Å². The zero-order chi connectivity index (χ0) is 15.5. The van der Waals surface area contributed by atoms with Crippen LogP contribution in [0.2, 0.25) is 0 Å². The molecule has 112 valence electrons. The van der Waals surface area contributed by atoms with E-state index in [4.69, 9.17) is 10.5 Å². The molecule has 2 nitrogen and oxygen atoms in total. The van der Waals surface area contributed by atoms with Gasteiger partial charge in [0.2, 0.25) is 0 Å². The summed E-state index contributed by atoms with van der Waals surface area (Å²) in [5, 5.41) is 0. The van der Waals surface area contributed by atoms with Crippen molar-refractivity contribution in [2.24, 2.45) is 5.73 Å². The highest BCUT2D eigenvalue weighted by Gasteiger charge is 2.14. The Morgan fingerprint density at radius 1 is 1.05 bits per heavy atom. The van der Waals surface area contributed by atoms with Gasteiger partial charge in [0.05, 0.1) is 0 Å². The summed E-state index contributed by atoms with van der Waals surface area (Å²) in [5.74, 6) is 0.916. The molecule has 0 spiro atoms. The Morgan fingerprint density at radius 3 is 2.48 bits per heavy atom. The van der Waals surface area contributed by atoms with Gasteiger partial charge >= 0.3 is 0 Å². The van der Waals surface area contributed by atoms with Gasteiger partial charge in [0.25, 0.3) is 0 Å². The van der Waals surface area contributed by atoms with Crippen molar-refractivity contribution in [3.63, 3.8) is 0 Å². The molecule has 0 aliphatic heterocycles. The van der Waals surface area contributed by atoms with Gasteiger partial charge in [-0.05, 0) is 53.8 Å². The second-order valence-corrected chi connectivity index (χ2v) is 6.21. The summed E-state index contributed by atoms with van der Waals surface area (Å²) in [6.45, 7) is 6.93. The minimum atomic E-state index is -0.303. The van der Waals surface area contributed by atoms with E-state index in [1.54, 1.807) is 0 Å². The van der Waals surface area contributed by atoms with E-state index in [9.17, 15) is 4.39 Å². The van der Waals surface area contributed by atoms with E-state index >= 15 is 0 Å². The lowest BCUT2D eigenvalue weighted by Crippen LogP contribution is -2.10. The molecular formula is C18H22FNO. The molecule has 0 saturated heterocycles. The highest BCUT2D eigenvalue weighted by molar-refractivity contribution is 5.38. The molecule has 0 atom stereocenters. The van der Waals surface area contributed by atoms with Crippen LogP contribution >= 0.6 is 0 Å². The lowest BCUT2D eigenvalue weighted by molar-refractivity contribution is 0.472. The van der Waals surface area contributed by atoms with Crippen LogP contribution in [-0.2, 0) is 11.8 Å². The summed E-state index contributed by atoms with van der Waals surface area (Å²) in [6, 6.07) is 12.6. The molecule has 0 aliphatic rings. The molecule has 2 aromatic rings. The predicted molar refractivity (Wildman–Crippen MR) is 84.4 cm³/mol. The number of hydrogen-bond donors (Lipinski definition) is 1. The van der Waals surface area contributed by atoms with Gasteiger partial charge in [-0.3, -0.25) is 0 Å². The monoisotopic (exact) mass is 287 g/mol. The molecule has 3 heteroatoms. The molecule has 0 heterocycles. The number of ether oxygens (including phenoxy) is 1. The standard InChI is InChI=1S/C18H22FNO/c1-18(2,3)14-5-4-6-16(11-14)21-17-10-13(7-8-20)9-15(19)12-17/h4-6,9-12H,7-8,20H2,1-3H3. The maximum absolute atomic E-state index is 13.6. The van der Waals surface area contributed by atoms with Crippen LogP contribution in [0.1, 0.15) is 31.9 Å². The van der Waals surface area contributed by atoms with E-state index in [0.717, 1.165) is 5.56 Å². The summed E-state index contributed by atoms with van der Waals surface area (Å²) in [5.41, 5.74) is 7.59. The molecule has 21 heavy (non-hydrogen) atoms. The quantitative estimate of drug-likeness (QED) is 0.903. The Kier molecular flexibility index (Phi) is 4.63. The Labute approximate surface area is 125 Å². The maximum Gasteiger partial charge on any atom is 0.130 e. The van der Waals surface area contributed by atoms with E-state index in [2.05, 4.69) is 26.8 Å². The fourth-order valence-corrected chi connectivity index (χ4v) is 2.15. The highest BCUT2D eigenvalue weighted by Crippen LogP contribution is 2.29. The van der Waals surface area contributed by atoms with Crippen LogP contribution in [0.4, 0.5) is 4.39 Å². The van der Waals surface area contributed by atoms with Gasteiger partial charge < -0.3 is 10.5 Å². The normalized spacial score (nSPS) is 11.5. The maximum atomic E-state index is 13.6. The average molecular weight is 287 g/mol. The van der Waals surface area contributed by atoms with Crippen LogP contribution in [0.3, 0.4) is 0 Å². The molecule has 2 N–H and O–H groups in total. The van der Waals surface area contributed by atoms with Crippen LogP contribution in [-0.4, -0.2) is 6.54 Å². The van der Waals surface area contributed by atoms with Crippen LogP contribution < -0.4 is 10.5 Å². The number of nitrogens with two attached hydrogens (primary N) is 1. The van der Waals surface area contributed by atoms with Crippen molar-refractivity contribution < 1.29 is 9.13 Å². The van der Waals surface area contributed by atoms with E-state index in [1.165, 1.54) is 17.7 Å². The van der Waals surface area contributed by atoms with Gasteiger partial charge in [0.1, 0.15) is 17.3 Å². The zero-order valence-electron chi connectivity index (χ0n) is 12.8. The molecule has 2 aromatic carbocycles. The molecular weight excluding hydrogens is 265 g/mol. The summed E-state index contributed by atoms with van der Waals surface area (Å²) >= 11 is 0. The van der Waals surface area contributed by atoms with Crippen LogP contribution in [0.25, 0.3) is 0 Å². The molecule has 0 amide bonds. The minimum Gasteiger partial charge on any atom is -0.457 e. The Bertz CT molecular complexity index is 617. The molecule has 0 aromatic heterocycles. The first kappa shape index (κ1) is 15.5. The van der Waals surface area contributed by atoms with Crippen molar-refractivity contribution in [3.8, 4) is 11.5 Å². The molecule has 0 aliphatic carbocycles. The Hall–Kier alpha value is -1.87. The van der Waals surface area contributed by atoms with Crippen LogP contribution in [0.15, 0.2) is 42.5 Å². The molecule has 0 radical (unpaired) electrons. The SMILES string of the molecule is CC(C)(C)c1cccc(Oc2cc(F)cc(CCN)c2)c1. The summed E-state index contributed by atoms with van der Waals surface area (Å²) in [4.78, 5) is 0. The average Bonchev–Trinajstić information content (AvgIpc) is 2.37. The Balaban J connectivity index is 2.26. The van der Waals surface area contributed by atoms with E-state index in [-0.39, 0.29) is 11.2 Å².